The number of imidazole rings is 1. The number of ether oxygens (including phenoxy) is 1. The van der Waals surface area contributed by atoms with E-state index in [1.807, 2.05) is 4.57 Å². The first-order chi connectivity index (χ1) is 16.7. The number of halogens is 1. The van der Waals surface area contributed by atoms with Crippen LogP contribution in [0.25, 0.3) is 16.9 Å². The highest BCUT2D eigenvalue weighted by Gasteiger charge is 2.23. The van der Waals surface area contributed by atoms with E-state index in [9.17, 15) is 9.59 Å². The third-order valence-electron chi connectivity index (χ3n) is 6.57. The molecule has 35 heavy (non-hydrogen) atoms. The van der Waals surface area contributed by atoms with Crippen molar-refractivity contribution in [3.8, 4) is 5.69 Å². The molecule has 1 fully saturated rings. The van der Waals surface area contributed by atoms with Crippen LogP contribution in [0.5, 0.6) is 0 Å². The van der Waals surface area contributed by atoms with Crippen molar-refractivity contribution in [2.24, 2.45) is 0 Å². The molecule has 1 atom stereocenters. The van der Waals surface area contributed by atoms with Crippen molar-refractivity contribution in [1.29, 1.82) is 0 Å². The van der Waals surface area contributed by atoms with Gasteiger partial charge in [-0.25, -0.2) is 14.3 Å². The van der Waals surface area contributed by atoms with Gasteiger partial charge in [-0.2, -0.15) is 0 Å². The standard InChI is InChI=1S/C27H29ClN4O3/c1-27(2,3)19-8-6-18(7-9-19)15-30-17-29-24-23(30)25(33)31(16-22-5-4-14-35-22)26(34)32(24)21-12-10-20(28)11-13-21/h6-13,17,22H,4-5,14-16H2,1-3H3/t22-/m0/s1. The molecule has 1 aliphatic rings. The first-order valence-electron chi connectivity index (χ1n) is 11.9. The molecule has 0 unspecified atom stereocenters. The van der Waals surface area contributed by atoms with Crippen LogP contribution in [-0.4, -0.2) is 31.4 Å². The summed E-state index contributed by atoms with van der Waals surface area (Å²) in [6, 6.07) is 15.3. The lowest BCUT2D eigenvalue weighted by Crippen LogP contribution is -2.42. The van der Waals surface area contributed by atoms with Crippen LogP contribution in [0.2, 0.25) is 5.02 Å². The average Bonchev–Trinajstić information content (AvgIpc) is 3.48. The zero-order chi connectivity index (χ0) is 24.7. The maximum Gasteiger partial charge on any atom is 0.337 e. The summed E-state index contributed by atoms with van der Waals surface area (Å²) in [4.78, 5) is 31.7. The van der Waals surface area contributed by atoms with Crippen molar-refractivity contribution >= 4 is 22.8 Å². The minimum Gasteiger partial charge on any atom is -0.376 e. The van der Waals surface area contributed by atoms with Crippen LogP contribution in [-0.2, 0) is 23.2 Å². The van der Waals surface area contributed by atoms with Gasteiger partial charge in [0.15, 0.2) is 11.2 Å². The second kappa shape index (κ2) is 9.13. The molecule has 0 radical (unpaired) electrons. The topological polar surface area (TPSA) is 71.1 Å². The Morgan fingerprint density at radius 3 is 2.40 bits per heavy atom. The first kappa shape index (κ1) is 23.6. The van der Waals surface area contributed by atoms with Gasteiger partial charge in [0.1, 0.15) is 0 Å². The van der Waals surface area contributed by atoms with Gasteiger partial charge in [0.05, 0.1) is 24.7 Å². The van der Waals surface area contributed by atoms with Crippen molar-refractivity contribution in [3.63, 3.8) is 0 Å². The summed E-state index contributed by atoms with van der Waals surface area (Å²) < 4.78 is 10.3. The van der Waals surface area contributed by atoms with Crippen LogP contribution in [0, 0.1) is 0 Å². The fourth-order valence-electron chi connectivity index (χ4n) is 4.58. The second-order valence-electron chi connectivity index (χ2n) is 10.1. The van der Waals surface area contributed by atoms with Gasteiger partial charge in [-0.1, -0.05) is 56.6 Å². The third-order valence-corrected chi connectivity index (χ3v) is 6.82. The van der Waals surface area contributed by atoms with Gasteiger partial charge in [0, 0.05) is 18.2 Å². The van der Waals surface area contributed by atoms with Crippen LogP contribution >= 0.6 is 11.6 Å². The van der Waals surface area contributed by atoms with Crippen LogP contribution in [0.1, 0.15) is 44.7 Å². The van der Waals surface area contributed by atoms with Crippen molar-refractivity contribution in [3.05, 3.63) is 91.8 Å². The van der Waals surface area contributed by atoms with Crippen molar-refractivity contribution in [1.82, 2.24) is 18.7 Å². The fraction of sp³-hybridized carbons (Fsp3) is 0.370. The zero-order valence-corrected chi connectivity index (χ0v) is 21.0. The van der Waals surface area contributed by atoms with Gasteiger partial charge in [0.2, 0.25) is 0 Å². The monoisotopic (exact) mass is 492 g/mol. The number of hydrogen-bond acceptors (Lipinski definition) is 4. The van der Waals surface area contributed by atoms with E-state index in [0.717, 1.165) is 18.4 Å². The molecular weight excluding hydrogens is 464 g/mol. The quantitative estimate of drug-likeness (QED) is 0.410. The molecule has 2 aromatic heterocycles. The highest BCUT2D eigenvalue weighted by molar-refractivity contribution is 6.30. The molecule has 3 heterocycles. The summed E-state index contributed by atoms with van der Waals surface area (Å²) in [6.45, 7) is 7.87. The Morgan fingerprint density at radius 1 is 1.06 bits per heavy atom. The first-order valence-corrected chi connectivity index (χ1v) is 12.3. The van der Waals surface area contributed by atoms with E-state index in [1.54, 1.807) is 30.6 Å². The van der Waals surface area contributed by atoms with Crippen molar-refractivity contribution < 1.29 is 4.74 Å². The Kier molecular flexibility index (Phi) is 6.15. The average molecular weight is 493 g/mol. The lowest BCUT2D eigenvalue weighted by molar-refractivity contribution is 0.0950. The molecule has 0 bridgehead atoms. The minimum absolute atomic E-state index is 0.0604. The van der Waals surface area contributed by atoms with E-state index in [1.165, 1.54) is 14.7 Å². The predicted molar refractivity (Wildman–Crippen MR) is 138 cm³/mol. The molecule has 0 spiro atoms. The Hall–Kier alpha value is -3.16. The number of hydrogen-bond donors (Lipinski definition) is 0. The molecule has 5 rings (SSSR count). The maximum atomic E-state index is 13.6. The van der Waals surface area contributed by atoms with Gasteiger partial charge in [-0.15, -0.1) is 0 Å². The van der Waals surface area contributed by atoms with E-state index in [4.69, 9.17) is 16.3 Å². The predicted octanol–water partition coefficient (Wildman–Crippen LogP) is 4.53. The maximum absolute atomic E-state index is 13.6. The Labute approximate surface area is 208 Å². The lowest BCUT2D eigenvalue weighted by atomic mass is 9.87. The van der Waals surface area contributed by atoms with E-state index < -0.39 is 5.69 Å². The zero-order valence-electron chi connectivity index (χ0n) is 20.2. The summed E-state index contributed by atoms with van der Waals surface area (Å²) in [5, 5.41) is 0.565. The summed E-state index contributed by atoms with van der Waals surface area (Å²) >= 11 is 6.08. The number of nitrogens with zero attached hydrogens (tertiary/aromatic N) is 4. The SMILES string of the molecule is CC(C)(C)c1ccc(Cn2cnc3c2c(=O)n(C[C@@H]2CCCO2)c(=O)n3-c2ccc(Cl)cc2)cc1. The van der Waals surface area contributed by atoms with E-state index in [0.29, 0.717) is 35.0 Å². The Bertz CT molecular complexity index is 1470. The third kappa shape index (κ3) is 4.58. The second-order valence-corrected chi connectivity index (χ2v) is 10.6. The Balaban J connectivity index is 1.65. The number of rotatable bonds is 5. The molecule has 0 amide bonds. The van der Waals surface area contributed by atoms with Crippen LogP contribution < -0.4 is 11.2 Å². The summed E-state index contributed by atoms with van der Waals surface area (Å²) in [5.74, 6) is 0. The van der Waals surface area contributed by atoms with Crippen molar-refractivity contribution in [2.45, 2.75) is 58.2 Å². The number of benzene rings is 2. The lowest BCUT2D eigenvalue weighted by Gasteiger charge is -2.19. The Morgan fingerprint density at radius 2 is 1.77 bits per heavy atom. The smallest absolute Gasteiger partial charge is 0.337 e. The van der Waals surface area contributed by atoms with Crippen LogP contribution in [0.3, 0.4) is 0 Å². The summed E-state index contributed by atoms with van der Waals surface area (Å²) in [5.41, 5.74) is 2.89. The molecule has 1 aliphatic heterocycles. The summed E-state index contributed by atoms with van der Waals surface area (Å²) in [7, 11) is 0. The van der Waals surface area contributed by atoms with Crippen LogP contribution in [0.15, 0.2) is 64.4 Å². The van der Waals surface area contributed by atoms with Gasteiger partial charge in [-0.3, -0.25) is 9.36 Å². The number of aromatic nitrogens is 4. The molecule has 2 aromatic carbocycles. The molecule has 4 aromatic rings. The largest absolute Gasteiger partial charge is 0.376 e. The van der Waals surface area contributed by atoms with Gasteiger partial charge in [-0.05, 0) is 53.6 Å². The summed E-state index contributed by atoms with van der Waals surface area (Å²) in [6.07, 6.45) is 3.23. The number of fused-ring (bicyclic) bond motifs is 1. The minimum atomic E-state index is -0.430. The van der Waals surface area contributed by atoms with Crippen molar-refractivity contribution in [2.75, 3.05) is 6.61 Å². The van der Waals surface area contributed by atoms with E-state index in [-0.39, 0.29) is 23.6 Å². The van der Waals surface area contributed by atoms with Gasteiger partial charge >= 0.3 is 5.69 Å². The molecule has 0 N–H and O–H groups in total. The molecule has 1 saturated heterocycles. The highest BCUT2D eigenvalue weighted by Crippen LogP contribution is 2.23. The molecule has 8 heteroatoms. The molecule has 182 valence electrons. The van der Waals surface area contributed by atoms with Crippen LogP contribution in [0.4, 0.5) is 0 Å². The molecular formula is C27H29ClN4O3. The highest BCUT2D eigenvalue weighted by atomic mass is 35.5. The fourth-order valence-corrected chi connectivity index (χ4v) is 4.71. The molecule has 7 nitrogen and oxygen atoms in total. The van der Waals surface area contributed by atoms with E-state index >= 15 is 0 Å². The normalized spacial score (nSPS) is 16.3. The van der Waals surface area contributed by atoms with E-state index in [2.05, 4.69) is 50.0 Å². The van der Waals surface area contributed by atoms with Gasteiger partial charge in [0.25, 0.3) is 5.56 Å². The van der Waals surface area contributed by atoms with Gasteiger partial charge < -0.3 is 9.30 Å². The molecule has 0 saturated carbocycles. The molecule has 0 aliphatic carbocycles.